The second-order valence-electron chi connectivity index (χ2n) is 4.92. The van der Waals surface area contributed by atoms with Gasteiger partial charge in [-0.3, -0.25) is 4.79 Å². The molecule has 0 heterocycles. The fourth-order valence-corrected chi connectivity index (χ4v) is 2.66. The van der Waals surface area contributed by atoms with E-state index in [2.05, 4.69) is 0 Å². The van der Waals surface area contributed by atoms with Crippen LogP contribution in [0.1, 0.15) is 39.0 Å². The molecule has 2 nitrogen and oxygen atoms in total. The van der Waals surface area contributed by atoms with E-state index in [4.69, 9.17) is 0 Å². The van der Waals surface area contributed by atoms with E-state index < -0.39 is 11.6 Å². The smallest absolute Gasteiger partial charge is 0.230 e. The van der Waals surface area contributed by atoms with Crippen LogP contribution in [0, 0.1) is 23.6 Å². The molecule has 5 heteroatoms. The van der Waals surface area contributed by atoms with Gasteiger partial charge < -0.3 is 4.90 Å². The van der Waals surface area contributed by atoms with E-state index in [1.807, 2.05) is 6.07 Å². The molecule has 20 heavy (non-hydrogen) atoms. The first-order chi connectivity index (χ1) is 9.13. The van der Waals surface area contributed by atoms with Crippen molar-refractivity contribution in [2.45, 2.75) is 39.0 Å². The maximum absolute atomic E-state index is 13.7. The fraction of sp³-hybridized carbons (Fsp3) is 0.533. The molecule has 0 unspecified atom stereocenters. The Morgan fingerprint density at radius 1 is 1.30 bits per heavy atom. The Labute approximate surface area is 133 Å². The molecule has 0 aliphatic heterocycles. The van der Waals surface area contributed by atoms with Crippen molar-refractivity contribution in [3.8, 4) is 0 Å². The molecule has 0 bridgehead atoms. The Morgan fingerprint density at radius 2 is 1.95 bits per heavy atom. The van der Waals surface area contributed by atoms with Crippen LogP contribution in [0.15, 0.2) is 12.1 Å². The summed E-state index contributed by atoms with van der Waals surface area (Å²) in [6.07, 6.45) is 4.98. The number of hydrogen-bond donors (Lipinski definition) is 0. The molecule has 1 aromatic carbocycles. The number of benzene rings is 1. The molecule has 0 aromatic heterocycles. The van der Waals surface area contributed by atoms with Crippen molar-refractivity contribution >= 4 is 11.6 Å². The summed E-state index contributed by atoms with van der Waals surface area (Å²) in [5, 5.41) is 0. The zero-order valence-corrected chi connectivity index (χ0v) is 13.1. The van der Waals surface area contributed by atoms with Gasteiger partial charge in [0.05, 0.1) is 11.8 Å². The summed E-state index contributed by atoms with van der Waals surface area (Å²) < 4.78 is 26.6. The summed E-state index contributed by atoms with van der Waals surface area (Å²) >= 11 is 0. The van der Waals surface area contributed by atoms with Crippen LogP contribution in [0.5, 0.6) is 0 Å². The number of nitrogens with zero attached hydrogens (tertiary/aromatic N) is 1. The summed E-state index contributed by atoms with van der Waals surface area (Å²) in [5.74, 6) is -1.63. The zero-order chi connectivity index (χ0) is 13.8. The summed E-state index contributed by atoms with van der Waals surface area (Å²) in [5.41, 5.74) is 0.125. The average Bonchev–Trinajstić information content (AvgIpc) is 2.42. The number of carbonyl (C=O) groups is 1. The van der Waals surface area contributed by atoms with Crippen LogP contribution in [-0.2, 0) is 26.5 Å². The van der Waals surface area contributed by atoms with Gasteiger partial charge in [0.15, 0.2) is 5.82 Å². The predicted molar refractivity (Wildman–Crippen MR) is 69.8 cm³/mol. The van der Waals surface area contributed by atoms with Gasteiger partial charge in [0.2, 0.25) is 5.91 Å². The monoisotopic (exact) mass is 314 g/mol. The van der Waals surface area contributed by atoms with E-state index >= 15 is 0 Å². The molecule has 0 spiro atoms. The molecule has 1 aliphatic carbocycles. The molecule has 2 rings (SSSR count). The van der Waals surface area contributed by atoms with Crippen LogP contribution in [0.25, 0.3) is 0 Å². The fourth-order valence-electron chi connectivity index (χ4n) is 2.66. The SMILES string of the molecule is CCN(C(=O)C1CCCCC1)c1ccc(F)[c]c1F.[Ti]. The van der Waals surface area contributed by atoms with E-state index in [9.17, 15) is 13.6 Å². The van der Waals surface area contributed by atoms with Crippen molar-refractivity contribution < 1.29 is 35.3 Å². The summed E-state index contributed by atoms with van der Waals surface area (Å²) in [4.78, 5) is 13.8. The van der Waals surface area contributed by atoms with Crippen LogP contribution in [-0.4, -0.2) is 12.5 Å². The third kappa shape index (κ3) is 3.89. The quantitative estimate of drug-likeness (QED) is 0.779. The molecule has 1 radical (unpaired) electrons. The van der Waals surface area contributed by atoms with Gasteiger partial charge in [0.25, 0.3) is 0 Å². The zero-order valence-electron chi connectivity index (χ0n) is 11.6. The molecule has 0 saturated heterocycles. The second-order valence-corrected chi connectivity index (χ2v) is 4.92. The molecule has 1 aromatic rings. The summed E-state index contributed by atoms with van der Waals surface area (Å²) in [7, 11) is 0. The Kier molecular flexibility index (Phi) is 6.83. The molecule has 107 valence electrons. The van der Waals surface area contributed by atoms with Crippen LogP contribution < -0.4 is 4.90 Å². The van der Waals surface area contributed by atoms with Crippen molar-refractivity contribution in [2.24, 2.45) is 5.92 Å². The van der Waals surface area contributed by atoms with E-state index in [0.717, 1.165) is 38.2 Å². The van der Waals surface area contributed by atoms with Gasteiger partial charge in [-0.2, -0.15) is 0 Å². The number of halogens is 2. The Balaban J connectivity index is 0.00000200. The average molecular weight is 314 g/mol. The summed E-state index contributed by atoms with van der Waals surface area (Å²) in [6, 6.07) is 4.43. The van der Waals surface area contributed by atoms with Gasteiger partial charge >= 0.3 is 0 Å². The van der Waals surface area contributed by atoms with Crippen molar-refractivity contribution in [1.29, 1.82) is 0 Å². The molecule has 0 atom stereocenters. The van der Waals surface area contributed by atoms with Crippen LogP contribution in [0.2, 0.25) is 0 Å². The maximum Gasteiger partial charge on any atom is 0.230 e. The van der Waals surface area contributed by atoms with E-state index in [1.54, 1.807) is 6.92 Å². The van der Waals surface area contributed by atoms with Gasteiger partial charge in [-0.25, -0.2) is 8.78 Å². The number of rotatable bonds is 3. The maximum atomic E-state index is 13.7. The van der Waals surface area contributed by atoms with Gasteiger partial charge in [-0.15, -0.1) is 0 Å². The molecular weight excluding hydrogens is 296 g/mol. The Bertz CT molecular complexity index is 461. The Hall–Kier alpha value is -0.736. The van der Waals surface area contributed by atoms with Gasteiger partial charge in [0, 0.05) is 34.2 Å². The van der Waals surface area contributed by atoms with Gasteiger partial charge in [0.1, 0.15) is 5.82 Å². The second kappa shape index (κ2) is 7.89. The standard InChI is InChI=1S/C15H18F2NO.Ti/c1-2-18(14-9-8-12(16)10-13(14)17)15(19)11-6-4-3-5-7-11;/h8-9,11H,2-7H2,1H3;. The minimum atomic E-state index is -0.800. The molecule has 0 N–H and O–H groups in total. The molecule has 1 amide bonds. The summed E-state index contributed by atoms with van der Waals surface area (Å²) in [6.45, 7) is 2.18. The van der Waals surface area contributed by atoms with Crippen molar-refractivity contribution in [3.63, 3.8) is 0 Å². The van der Waals surface area contributed by atoms with Crippen LogP contribution in [0.4, 0.5) is 14.5 Å². The predicted octanol–water partition coefficient (Wildman–Crippen LogP) is 3.70. The minimum Gasteiger partial charge on any atom is -0.310 e. The number of anilines is 1. The third-order valence-corrected chi connectivity index (χ3v) is 3.67. The molecule has 1 fully saturated rings. The van der Waals surface area contributed by atoms with E-state index in [-0.39, 0.29) is 39.2 Å². The number of amides is 1. The van der Waals surface area contributed by atoms with Gasteiger partial charge in [-0.1, -0.05) is 19.3 Å². The molecular formula is C15H18F2NOTi. The van der Waals surface area contributed by atoms with Crippen LogP contribution in [0.3, 0.4) is 0 Å². The topological polar surface area (TPSA) is 20.3 Å². The molecule has 1 saturated carbocycles. The first kappa shape index (κ1) is 17.3. The largest absolute Gasteiger partial charge is 0.310 e. The normalized spacial score (nSPS) is 15.6. The van der Waals surface area contributed by atoms with Gasteiger partial charge in [-0.05, 0) is 31.9 Å². The Morgan fingerprint density at radius 3 is 2.50 bits per heavy atom. The number of hydrogen-bond acceptors (Lipinski definition) is 1. The van der Waals surface area contributed by atoms with Crippen molar-refractivity contribution in [2.75, 3.05) is 11.4 Å². The van der Waals surface area contributed by atoms with Crippen molar-refractivity contribution in [3.05, 3.63) is 29.8 Å². The number of carbonyl (C=O) groups excluding carboxylic acids is 1. The van der Waals surface area contributed by atoms with E-state index in [0.29, 0.717) is 6.54 Å². The van der Waals surface area contributed by atoms with Crippen molar-refractivity contribution in [1.82, 2.24) is 0 Å². The van der Waals surface area contributed by atoms with Crippen LogP contribution >= 0.6 is 0 Å². The molecule has 1 aliphatic rings. The minimum absolute atomic E-state index is 0. The first-order valence-electron chi connectivity index (χ1n) is 6.82. The van der Waals surface area contributed by atoms with E-state index in [1.165, 1.54) is 11.0 Å². The third-order valence-electron chi connectivity index (χ3n) is 3.67. The first-order valence-corrected chi connectivity index (χ1v) is 6.82.